The summed E-state index contributed by atoms with van der Waals surface area (Å²) >= 11 is 5.91. The SMILES string of the molecule is CC(C)(C)n1nc2c(c1NC(=O)[C@@H]1CC(=O)N(c3ccc(Cl)cc3)C1)CS(=O)(=O)C2. The van der Waals surface area contributed by atoms with Crippen LogP contribution in [0.1, 0.15) is 38.4 Å². The maximum Gasteiger partial charge on any atom is 0.230 e. The first kappa shape index (κ1) is 20.9. The van der Waals surface area contributed by atoms with Crippen LogP contribution in [0.15, 0.2) is 24.3 Å². The van der Waals surface area contributed by atoms with Gasteiger partial charge < -0.3 is 10.2 Å². The highest BCUT2D eigenvalue weighted by atomic mass is 35.5. The number of aromatic nitrogens is 2. The molecule has 3 heterocycles. The molecule has 1 aromatic carbocycles. The molecule has 0 saturated carbocycles. The van der Waals surface area contributed by atoms with Gasteiger partial charge in [-0.1, -0.05) is 11.6 Å². The Morgan fingerprint density at radius 2 is 1.87 bits per heavy atom. The van der Waals surface area contributed by atoms with E-state index in [9.17, 15) is 18.0 Å². The lowest BCUT2D eigenvalue weighted by molar-refractivity contribution is -0.122. The van der Waals surface area contributed by atoms with Gasteiger partial charge in [0.1, 0.15) is 5.82 Å². The number of sulfone groups is 1. The summed E-state index contributed by atoms with van der Waals surface area (Å²) in [5, 5.41) is 7.90. The van der Waals surface area contributed by atoms with Crippen molar-refractivity contribution in [3.63, 3.8) is 0 Å². The van der Waals surface area contributed by atoms with Gasteiger partial charge in [-0.15, -0.1) is 0 Å². The molecule has 1 N–H and O–H groups in total. The van der Waals surface area contributed by atoms with E-state index in [-0.39, 0.29) is 36.3 Å². The molecule has 0 aliphatic carbocycles. The van der Waals surface area contributed by atoms with Gasteiger partial charge in [-0.25, -0.2) is 13.1 Å². The fourth-order valence-corrected chi connectivity index (χ4v) is 5.45. The number of halogens is 1. The van der Waals surface area contributed by atoms with E-state index in [2.05, 4.69) is 10.4 Å². The molecule has 0 radical (unpaired) electrons. The predicted octanol–water partition coefficient (Wildman–Crippen LogP) is 2.71. The lowest BCUT2D eigenvalue weighted by atomic mass is 10.1. The molecular weight excluding hydrogens is 428 g/mol. The van der Waals surface area contributed by atoms with Crippen molar-refractivity contribution in [2.75, 3.05) is 16.8 Å². The van der Waals surface area contributed by atoms with Crippen LogP contribution in [0.5, 0.6) is 0 Å². The van der Waals surface area contributed by atoms with E-state index in [1.807, 2.05) is 20.8 Å². The third-order valence-electron chi connectivity index (χ3n) is 5.30. The highest BCUT2D eigenvalue weighted by molar-refractivity contribution is 7.90. The zero-order chi connectivity index (χ0) is 21.8. The van der Waals surface area contributed by atoms with Crippen LogP contribution in [-0.2, 0) is 36.5 Å². The molecule has 0 spiro atoms. The summed E-state index contributed by atoms with van der Waals surface area (Å²) < 4.78 is 25.8. The number of nitrogens with one attached hydrogen (secondary N) is 1. The largest absolute Gasteiger partial charge is 0.312 e. The average Bonchev–Trinajstić information content (AvgIpc) is 3.26. The Bertz CT molecular complexity index is 1130. The van der Waals surface area contributed by atoms with Crippen LogP contribution in [0.2, 0.25) is 5.02 Å². The Hall–Kier alpha value is -2.39. The van der Waals surface area contributed by atoms with Crippen LogP contribution in [0.3, 0.4) is 0 Å². The summed E-state index contributed by atoms with van der Waals surface area (Å²) in [5.74, 6) is -0.882. The van der Waals surface area contributed by atoms with Gasteiger partial charge in [-0.2, -0.15) is 5.10 Å². The Kier molecular flexibility index (Phi) is 4.93. The molecule has 0 bridgehead atoms. The van der Waals surface area contributed by atoms with Gasteiger partial charge in [0, 0.05) is 29.2 Å². The molecule has 10 heteroatoms. The maximum absolute atomic E-state index is 13.0. The smallest absolute Gasteiger partial charge is 0.230 e. The van der Waals surface area contributed by atoms with Crippen LogP contribution >= 0.6 is 11.6 Å². The minimum atomic E-state index is -3.26. The summed E-state index contributed by atoms with van der Waals surface area (Å²) in [6.07, 6.45) is 0.0819. The molecule has 1 aromatic heterocycles. The molecular formula is C20H23ClN4O4S. The second-order valence-electron chi connectivity index (χ2n) is 8.76. The first-order chi connectivity index (χ1) is 13.9. The van der Waals surface area contributed by atoms with Gasteiger partial charge in [-0.05, 0) is 45.0 Å². The van der Waals surface area contributed by atoms with E-state index in [1.165, 1.54) is 0 Å². The van der Waals surface area contributed by atoms with Crippen molar-refractivity contribution in [3.05, 3.63) is 40.5 Å². The molecule has 2 aliphatic heterocycles. The minimum Gasteiger partial charge on any atom is -0.312 e. The molecule has 2 amide bonds. The van der Waals surface area contributed by atoms with E-state index >= 15 is 0 Å². The lowest BCUT2D eigenvalue weighted by Gasteiger charge is -2.24. The topological polar surface area (TPSA) is 101 Å². The number of fused-ring (bicyclic) bond motifs is 1. The van der Waals surface area contributed by atoms with Crippen molar-refractivity contribution in [2.45, 2.75) is 44.2 Å². The fraction of sp³-hybridized carbons (Fsp3) is 0.450. The highest BCUT2D eigenvalue weighted by Crippen LogP contribution is 2.35. The van der Waals surface area contributed by atoms with Gasteiger partial charge in [0.15, 0.2) is 9.84 Å². The van der Waals surface area contributed by atoms with Crippen LogP contribution in [0.4, 0.5) is 11.5 Å². The van der Waals surface area contributed by atoms with E-state index in [1.54, 1.807) is 33.8 Å². The molecule has 2 aliphatic rings. The zero-order valence-electron chi connectivity index (χ0n) is 17.0. The van der Waals surface area contributed by atoms with Crippen molar-refractivity contribution < 1.29 is 18.0 Å². The van der Waals surface area contributed by atoms with Gasteiger partial charge in [0.2, 0.25) is 11.8 Å². The lowest BCUT2D eigenvalue weighted by Crippen LogP contribution is -2.31. The molecule has 0 unspecified atom stereocenters. The molecule has 160 valence electrons. The van der Waals surface area contributed by atoms with E-state index in [0.717, 1.165) is 0 Å². The zero-order valence-corrected chi connectivity index (χ0v) is 18.5. The minimum absolute atomic E-state index is 0.0819. The Labute approximate surface area is 180 Å². The van der Waals surface area contributed by atoms with Crippen molar-refractivity contribution in [1.82, 2.24) is 9.78 Å². The maximum atomic E-state index is 13.0. The Morgan fingerprint density at radius 1 is 1.20 bits per heavy atom. The molecule has 30 heavy (non-hydrogen) atoms. The van der Waals surface area contributed by atoms with E-state index in [0.29, 0.717) is 27.8 Å². The van der Waals surface area contributed by atoms with E-state index < -0.39 is 21.3 Å². The number of anilines is 2. The van der Waals surface area contributed by atoms with Crippen LogP contribution in [0.25, 0.3) is 0 Å². The van der Waals surface area contributed by atoms with Crippen molar-refractivity contribution in [3.8, 4) is 0 Å². The number of hydrogen-bond acceptors (Lipinski definition) is 5. The van der Waals surface area contributed by atoms with Gasteiger partial charge in [-0.3, -0.25) is 9.59 Å². The normalized spacial score (nSPS) is 20.5. The fourth-order valence-electron chi connectivity index (χ4n) is 3.83. The third kappa shape index (κ3) is 3.83. The number of amides is 2. The Balaban J connectivity index is 1.58. The molecule has 2 aromatic rings. The summed E-state index contributed by atoms with van der Waals surface area (Å²) in [5.41, 5.74) is 1.26. The van der Waals surface area contributed by atoms with Gasteiger partial charge in [0.05, 0.1) is 28.7 Å². The number of carbonyl (C=O) groups is 2. The van der Waals surface area contributed by atoms with Crippen LogP contribution in [-0.4, -0.2) is 36.6 Å². The number of rotatable bonds is 3. The van der Waals surface area contributed by atoms with Gasteiger partial charge >= 0.3 is 0 Å². The third-order valence-corrected chi connectivity index (χ3v) is 6.99. The Morgan fingerprint density at radius 3 is 2.50 bits per heavy atom. The predicted molar refractivity (Wildman–Crippen MR) is 114 cm³/mol. The molecule has 1 saturated heterocycles. The van der Waals surface area contributed by atoms with Crippen molar-refractivity contribution >= 4 is 44.8 Å². The molecule has 1 atom stereocenters. The first-order valence-electron chi connectivity index (χ1n) is 9.63. The summed E-state index contributed by atoms with van der Waals surface area (Å²) in [6.45, 7) is 6.04. The summed E-state index contributed by atoms with van der Waals surface area (Å²) in [6, 6.07) is 6.88. The van der Waals surface area contributed by atoms with Crippen LogP contribution in [0, 0.1) is 5.92 Å². The standard InChI is InChI=1S/C20H23ClN4O4S/c1-20(2,3)25-18(15-10-30(28,29)11-16(15)23-25)22-19(27)12-8-17(26)24(9-12)14-6-4-13(21)5-7-14/h4-7,12H,8-11H2,1-3H3,(H,22,27)/t12-/m1/s1. The number of carbonyl (C=O) groups excluding carboxylic acids is 2. The second kappa shape index (κ2) is 7.09. The quantitative estimate of drug-likeness (QED) is 0.774. The van der Waals surface area contributed by atoms with Crippen molar-refractivity contribution in [2.24, 2.45) is 5.92 Å². The van der Waals surface area contributed by atoms with Gasteiger partial charge in [0.25, 0.3) is 0 Å². The number of nitrogens with zero attached hydrogens (tertiary/aromatic N) is 3. The summed E-state index contributed by atoms with van der Waals surface area (Å²) in [7, 11) is -3.26. The van der Waals surface area contributed by atoms with Crippen molar-refractivity contribution in [1.29, 1.82) is 0 Å². The number of hydrogen-bond donors (Lipinski definition) is 1. The highest BCUT2D eigenvalue weighted by Gasteiger charge is 2.39. The second-order valence-corrected chi connectivity index (χ2v) is 11.3. The number of benzene rings is 1. The molecule has 1 fully saturated rings. The summed E-state index contributed by atoms with van der Waals surface area (Å²) in [4.78, 5) is 27.1. The average molecular weight is 451 g/mol. The first-order valence-corrected chi connectivity index (χ1v) is 11.8. The van der Waals surface area contributed by atoms with E-state index in [4.69, 9.17) is 11.6 Å². The molecule has 8 nitrogen and oxygen atoms in total. The molecule has 4 rings (SSSR count). The monoisotopic (exact) mass is 450 g/mol. The van der Waals surface area contributed by atoms with Crippen LogP contribution < -0.4 is 10.2 Å².